The van der Waals surface area contributed by atoms with Gasteiger partial charge in [-0.3, -0.25) is 9.59 Å². The van der Waals surface area contributed by atoms with Crippen LogP contribution in [0, 0.1) is 5.92 Å². The van der Waals surface area contributed by atoms with Crippen molar-refractivity contribution >= 4 is 40.3 Å². The third kappa shape index (κ3) is 13.9. The summed E-state index contributed by atoms with van der Waals surface area (Å²) in [5.41, 5.74) is 0. The van der Waals surface area contributed by atoms with E-state index in [-0.39, 0.29) is 40.6 Å². The number of carbonyl (C=O) groups is 2. The molecule has 1 rings (SSSR count). The van der Waals surface area contributed by atoms with E-state index in [9.17, 15) is 9.59 Å². The van der Waals surface area contributed by atoms with E-state index in [1.807, 2.05) is 6.92 Å². The van der Waals surface area contributed by atoms with E-state index in [2.05, 4.69) is 86.8 Å². The Morgan fingerprint density at radius 2 is 1.55 bits per heavy atom. The lowest BCUT2D eigenvalue weighted by atomic mass is 10.0. The molecular weight excluding hydrogens is 605 g/mol. The highest BCUT2D eigenvalue weighted by molar-refractivity contribution is 8.03. The van der Waals surface area contributed by atoms with Crippen LogP contribution in [0.1, 0.15) is 126 Å². The first-order chi connectivity index (χ1) is 20.3. The number of carboxylic acid groups (broad SMARTS) is 1. The van der Waals surface area contributed by atoms with Crippen molar-refractivity contribution in [3.63, 3.8) is 0 Å². The molecule has 1 N–H and O–H groups in total. The number of rotatable bonds is 20. The van der Waals surface area contributed by atoms with Gasteiger partial charge in [0.15, 0.2) is 16.6 Å². The number of aliphatic carboxylic acids is 1. The predicted octanol–water partition coefficient (Wildman–Crippen LogP) is 10.9. The number of esters is 1. The maximum atomic E-state index is 12.8. The average molecular weight is 671 g/mol. The lowest BCUT2D eigenvalue weighted by Gasteiger charge is -2.40. The molecule has 0 fully saturated rings. The zero-order valence-electron chi connectivity index (χ0n) is 30.3. The van der Waals surface area contributed by atoms with E-state index in [1.165, 1.54) is 12.8 Å². The Kier molecular flexibility index (Phi) is 17.3. The van der Waals surface area contributed by atoms with Gasteiger partial charge in [-0.15, -0.1) is 11.8 Å². The number of hydrogen-bond donors (Lipinski definition) is 1. The van der Waals surface area contributed by atoms with Crippen LogP contribution in [0.5, 0.6) is 0 Å². The molecule has 0 aliphatic heterocycles. The Morgan fingerprint density at radius 3 is 2.09 bits per heavy atom. The molecule has 0 unspecified atom stereocenters. The molecule has 1 aliphatic carbocycles. The Labute approximate surface area is 276 Å². The van der Waals surface area contributed by atoms with E-state index in [0.29, 0.717) is 19.3 Å². The van der Waals surface area contributed by atoms with E-state index in [4.69, 9.17) is 18.7 Å². The lowest BCUT2D eigenvalue weighted by molar-refractivity contribution is -0.140. The molecule has 3 atom stereocenters. The van der Waals surface area contributed by atoms with Gasteiger partial charge in [-0.1, -0.05) is 93.2 Å². The molecule has 0 aromatic rings. The van der Waals surface area contributed by atoms with Gasteiger partial charge in [-0.05, 0) is 67.7 Å². The van der Waals surface area contributed by atoms with E-state index >= 15 is 0 Å². The summed E-state index contributed by atoms with van der Waals surface area (Å²) in [4.78, 5) is 24.8. The Hall–Kier alpha value is -0.876. The molecule has 0 heterocycles. The quantitative estimate of drug-likeness (QED) is 0.0597. The molecule has 0 spiro atoms. The van der Waals surface area contributed by atoms with Crippen molar-refractivity contribution in [2.24, 2.45) is 5.92 Å². The first-order valence-electron chi connectivity index (χ1n) is 17.1. The average Bonchev–Trinajstić information content (AvgIpc) is 3.17. The summed E-state index contributed by atoms with van der Waals surface area (Å²) >= 11 is 1.75. The molecule has 0 radical (unpaired) electrons. The highest BCUT2D eigenvalue weighted by Gasteiger charge is 2.45. The highest BCUT2D eigenvalue weighted by Crippen LogP contribution is 2.47. The summed E-state index contributed by atoms with van der Waals surface area (Å²) in [6.07, 6.45) is 13.4. The summed E-state index contributed by atoms with van der Waals surface area (Å²) in [6, 6.07) is 0. The summed E-state index contributed by atoms with van der Waals surface area (Å²) < 4.78 is 20.1. The monoisotopic (exact) mass is 670 g/mol. The lowest BCUT2D eigenvalue weighted by Crippen LogP contribution is -2.45. The smallest absolute Gasteiger partial charge is 0.310 e. The fraction of sp³-hybridized carbons (Fsp3) is 0.829. The van der Waals surface area contributed by atoms with Crippen LogP contribution in [0.4, 0.5) is 0 Å². The molecule has 9 heteroatoms. The zero-order valence-corrected chi connectivity index (χ0v) is 33.1. The summed E-state index contributed by atoms with van der Waals surface area (Å²) in [5, 5.41) is 9.19. The van der Waals surface area contributed by atoms with Crippen molar-refractivity contribution in [1.82, 2.24) is 0 Å². The van der Waals surface area contributed by atoms with Gasteiger partial charge in [0.2, 0.25) is 0 Å². The van der Waals surface area contributed by atoms with Crippen molar-refractivity contribution in [2.45, 2.75) is 174 Å². The van der Waals surface area contributed by atoms with Crippen LogP contribution in [-0.2, 0) is 23.2 Å². The van der Waals surface area contributed by atoms with Crippen LogP contribution in [0.2, 0.25) is 36.3 Å². The first kappa shape index (κ1) is 41.1. The zero-order chi connectivity index (χ0) is 33.8. The molecule has 0 aromatic heterocycles. The highest BCUT2D eigenvalue weighted by atomic mass is 32.2. The van der Waals surface area contributed by atoms with Crippen LogP contribution in [0.25, 0.3) is 0 Å². The molecule has 0 bridgehead atoms. The molecule has 44 heavy (non-hydrogen) atoms. The van der Waals surface area contributed by atoms with Gasteiger partial charge < -0.3 is 18.7 Å². The Bertz CT molecular complexity index is 961. The van der Waals surface area contributed by atoms with Crippen LogP contribution in [-0.4, -0.2) is 51.6 Å². The molecule has 6 nitrogen and oxygen atoms in total. The number of carbonyl (C=O) groups excluding carboxylic acids is 1. The number of hydrogen-bond acceptors (Lipinski definition) is 6. The maximum Gasteiger partial charge on any atom is 0.310 e. The van der Waals surface area contributed by atoms with Crippen molar-refractivity contribution in [2.75, 3.05) is 5.75 Å². The fourth-order valence-electron chi connectivity index (χ4n) is 4.63. The topological polar surface area (TPSA) is 82.1 Å². The van der Waals surface area contributed by atoms with Gasteiger partial charge >= 0.3 is 11.9 Å². The second-order valence-corrected chi connectivity index (χ2v) is 26.2. The van der Waals surface area contributed by atoms with Gasteiger partial charge in [0, 0.05) is 30.1 Å². The van der Waals surface area contributed by atoms with Gasteiger partial charge in [-0.25, -0.2) is 0 Å². The molecular formula is C35H66O6SSi2. The maximum absolute atomic E-state index is 12.8. The van der Waals surface area contributed by atoms with E-state index in [1.54, 1.807) is 11.8 Å². The molecule has 256 valence electrons. The first-order valence-corrected chi connectivity index (χ1v) is 23.9. The molecule has 0 aromatic carbocycles. The largest absolute Gasteiger partial charge is 0.481 e. The van der Waals surface area contributed by atoms with Crippen molar-refractivity contribution in [3.8, 4) is 0 Å². The van der Waals surface area contributed by atoms with Gasteiger partial charge in [0.05, 0.1) is 12.2 Å². The van der Waals surface area contributed by atoms with E-state index in [0.717, 1.165) is 48.5 Å². The standard InChI is InChI=1S/C35H66O6SSi2/c1-13-15-17-21-27(40-43(9,10)34(3,4)5)23-24-28-29(41-44(11,12)35(6,7)8)26-30(39-32(38)20-14-2)33(28)42-25-19-16-18-22-31(36)37/h23-24,27-29H,13-22,25-26H2,1-12H3,(H,36,37)/b24-23+/t27-,28-,29+/m0/s1. The number of unbranched alkanes of at least 4 members (excludes halogenated alkanes) is 4. The molecule has 0 saturated heterocycles. The Balaban J connectivity index is 3.48. The predicted molar refractivity (Wildman–Crippen MR) is 192 cm³/mol. The minimum atomic E-state index is -2.12. The minimum Gasteiger partial charge on any atom is -0.481 e. The molecule has 0 amide bonds. The van der Waals surface area contributed by atoms with Crippen molar-refractivity contribution < 1.29 is 28.3 Å². The number of carboxylic acids is 1. The molecule has 1 aliphatic rings. The third-order valence-corrected chi connectivity index (χ3v) is 19.8. The summed E-state index contributed by atoms with van der Waals surface area (Å²) in [7, 11) is -4.11. The summed E-state index contributed by atoms with van der Waals surface area (Å²) in [6.45, 7) is 27.1. The normalized spacial score (nSPS) is 19.2. The second kappa shape index (κ2) is 18.5. The van der Waals surface area contributed by atoms with Crippen LogP contribution >= 0.6 is 11.8 Å². The van der Waals surface area contributed by atoms with Crippen LogP contribution in [0.3, 0.4) is 0 Å². The van der Waals surface area contributed by atoms with Gasteiger partial charge in [0.25, 0.3) is 0 Å². The van der Waals surface area contributed by atoms with Crippen LogP contribution in [0.15, 0.2) is 22.8 Å². The fourth-order valence-corrected chi connectivity index (χ4v) is 8.56. The third-order valence-electron chi connectivity index (χ3n) is 9.48. The Morgan fingerprint density at radius 1 is 0.909 bits per heavy atom. The van der Waals surface area contributed by atoms with Gasteiger partial charge in [-0.2, -0.15) is 0 Å². The van der Waals surface area contributed by atoms with E-state index < -0.39 is 22.6 Å². The molecule has 0 saturated carbocycles. The SMILES string of the molecule is CCCCC[C@@H](/C=C/[C@@H]1C(SCCCCCC(=O)O)=C(OC(=O)CCC)C[C@H]1O[Si](C)(C)C(C)(C)C)O[Si](C)(C)C(C)(C)C. The number of ether oxygens (including phenoxy) is 1. The summed E-state index contributed by atoms with van der Waals surface area (Å²) in [5.74, 6) is 0.655. The van der Waals surface area contributed by atoms with Crippen LogP contribution < -0.4 is 0 Å². The second-order valence-electron chi connectivity index (χ2n) is 15.5. The van der Waals surface area contributed by atoms with Crippen molar-refractivity contribution in [1.29, 1.82) is 0 Å². The minimum absolute atomic E-state index is 0.0192. The number of thioether (sulfide) groups is 1. The van der Waals surface area contributed by atoms with Gasteiger partial charge in [0.1, 0.15) is 5.76 Å². The van der Waals surface area contributed by atoms with Crippen molar-refractivity contribution in [3.05, 3.63) is 22.8 Å².